The van der Waals surface area contributed by atoms with Crippen molar-refractivity contribution in [2.75, 3.05) is 35.2 Å². The first-order chi connectivity index (χ1) is 13.6. The summed E-state index contributed by atoms with van der Waals surface area (Å²) in [6, 6.07) is 7.43. The third-order valence-corrected chi connectivity index (χ3v) is 4.57. The van der Waals surface area contributed by atoms with Crippen molar-refractivity contribution in [2.24, 2.45) is 0 Å². The fraction of sp³-hybridized carbons (Fsp3) is 0.500. The maximum atomic E-state index is 11.2. The normalized spacial score (nSPS) is 14.7. The maximum Gasteiger partial charge on any atom is 0.231 e. The summed E-state index contributed by atoms with van der Waals surface area (Å²) in [6.45, 7) is 6.25. The average molecular weight is 384 g/mol. The van der Waals surface area contributed by atoms with Gasteiger partial charge in [-0.1, -0.05) is 19.4 Å². The fourth-order valence-corrected chi connectivity index (χ4v) is 3.12. The van der Waals surface area contributed by atoms with Crippen molar-refractivity contribution in [2.45, 2.75) is 45.6 Å². The van der Waals surface area contributed by atoms with E-state index in [1.807, 2.05) is 24.3 Å². The van der Waals surface area contributed by atoms with Gasteiger partial charge in [0.2, 0.25) is 17.8 Å². The lowest BCUT2D eigenvalue weighted by Gasteiger charge is -2.31. The lowest BCUT2D eigenvalue weighted by Crippen LogP contribution is -2.38. The van der Waals surface area contributed by atoms with Crippen LogP contribution in [-0.2, 0) is 9.53 Å². The van der Waals surface area contributed by atoms with Crippen molar-refractivity contribution in [3.05, 3.63) is 30.6 Å². The Balaban J connectivity index is 1.58. The summed E-state index contributed by atoms with van der Waals surface area (Å²) in [5.74, 6) is 1.04. The van der Waals surface area contributed by atoms with Gasteiger partial charge in [-0.25, -0.2) is 9.97 Å². The highest BCUT2D eigenvalue weighted by Crippen LogP contribution is 2.21. The molecule has 2 heterocycles. The highest BCUT2D eigenvalue weighted by molar-refractivity contribution is 5.89. The lowest BCUT2D eigenvalue weighted by atomic mass is 10.1. The van der Waals surface area contributed by atoms with Crippen LogP contribution in [0.4, 0.5) is 23.3 Å². The molecule has 2 aromatic rings. The summed E-state index contributed by atoms with van der Waals surface area (Å²) in [7, 11) is 0. The van der Waals surface area contributed by atoms with E-state index >= 15 is 0 Å². The second kappa shape index (κ2) is 9.98. The van der Waals surface area contributed by atoms with Crippen molar-refractivity contribution in [1.29, 1.82) is 0 Å². The Morgan fingerprint density at radius 3 is 2.79 bits per heavy atom. The van der Waals surface area contributed by atoms with Crippen LogP contribution in [0.5, 0.6) is 0 Å². The minimum absolute atomic E-state index is 0.110. The van der Waals surface area contributed by atoms with E-state index in [0.29, 0.717) is 18.0 Å². The molecule has 0 atom stereocenters. The molecule has 0 radical (unpaired) electrons. The molecule has 1 fully saturated rings. The van der Waals surface area contributed by atoms with Gasteiger partial charge in [-0.3, -0.25) is 4.79 Å². The first kappa shape index (κ1) is 20.0. The topological polar surface area (TPSA) is 92.3 Å². The lowest BCUT2D eigenvalue weighted by molar-refractivity contribution is -0.114. The van der Waals surface area contributed by atoms with E-state index in [4.69, 9.17) is 4.74 Å². The molecule has 2 N–H and O–H groups in total. The number of amides is 1. The molecule has 0 saturated carbocycles. The summed E-state index contributed by atoms with van der Waals surface area (Å²) < 4.78 is 5.93. The number of carbonyl (C=O) groups is 1. The van der Waals surface area contributed by atoms with Crippen molar-refractivity contribution in [1.82, 2.24) is 15.0 Å². The summed E-state index contributed by atoms with van der Waals surface area (Å²) in [4.78, 5) is 26.5. The molecule has 1 amide bonds. The van der Waals surface area contributed by atoms with E-state index in [9.17, 15) is 4.79 Å². The van der Waals surface area contributed by atoms with Gasteiger partial charge in [-0.15, -0.1) is 0 Å². The number of nitrogens with one attached hydrogen (secondary N) is 2. The number of rotatable bonds is 8. The van der Waals surface area contributed by atoms with Crippen LogP contribution < -0.4 is 15.5 Å². The van der Waals surface area contributed by atoms with Crippen molar-refractivity contribution in [3.8, 4) is 0 Å². The summed E-state index contributed by atoms with van der Waals surface area (Å²) in [5, 5.41) is 5.94. The molecule has 0 unspecified atom stereocenters. The van der Waals surface area contributed by atoms with Gasteiger partial charge in [0.05, 0.1) is 6.10 Å². The zero-order valence-corrected chi connectivity index (χ0v) is 16.5. The van der Waals surface area contributed by atoms with Gasteiger partial charge in [0.25, 0.3) is 0 Å². The molecule has 0 spiro atoms. The van der Waals surface area contributed by atoms with Gasteiger partial charge in [0.15, 0.2) is 0 Å². The number of piperidine rings is 1. The molecular weight excluding hydrogens is 356 g/mol. The molecule has 0 aliphatic carbocycles. The summed E-state index contributed by atoms with van der Waals surface area (Å²) in [6.07, 6.45) is 6.10. The van der Waals surface area contributed by atoms with E-state index in [0.717, 1.165) is 56.8 Å². The van der Waals surface area contributed by atoms with Crippen LogP contribution in [0.2, 0.25) is 0 Å². The standard InChI is InChI=1S/C20H28N6O2/c1-3-4-12-28-18-8-10-26(11-9-18)20-22-14-21-19(25-20)24-17-7-5-6-16(13-17)23-15(2)27/h5-7,13-14,18H,3-4,8-12H2,1-2H3,(H,23,27)(H,21,22,24,25). The number of aromatic nitrogens is 3. The monoisotopic (exact) mass is 384 g/mol. The summed E-state index contributed by atoms with van der Waals surface area (Å²) in [5.41, 5.74) is 1.52. The Morgan fingerprint density at radius 2 is 2.04 bits per heavy atom. The first-order valence-corrected chi connectivity index (χ1v) is 9.84. The Morgan fingerprint density at radius 1 is 1.25 bits per heavy atom. The zero-order valence-electron chi connectivity index (χ0n) is 16.5. The molecule has 28 heavy (non-hydrogen) atoms. The minimum Gasteiger partial charge on any atom is -0.378 e. The van der Waals surface area contributed by atoms with Gasteiger partial charge >= 0.3 is 0 Å². The number of anilines is 4. The van der Waals surface area contributed by atoms with Crippen molar-refractivity contribution >= 4 is 29.2 Å². The number of benzene rings is 1. The number of nitrogens with zero attached hydrogens (tertiary/aromatic N) is 4. The van der Waals surface area contributed by atoms with Crippen molar-refractivity contribution in [3.63, 3.8) is 0 Å². The molecule has 150 valence electrons. The first-order valence-electron chi connectivity index (χ1n) is 9.84. The molecule has 0 bridgehead atoms. The van der Waals surface area contributed by atoms with E-state index in [2.05, 4.69) is 37.4 Å². The smallest absolute Gasteiger partial charge is 0.231 e. The number of hydrogen-bond acceptors (Lipinski definition) is 7. The zero-order chi connectivity index (χ0) is 19.8. The van der Waals surface area contributed by atoms with E-state index in [1.54, 1.807) is 0 Å². The second-order valence-corrected chi connectivity index (χ2v) is 6.91. The van der Waals surface area contributed by atoms with E-state index in [-0.39, 0.29) is 5.91 Å². The highest BCUT2D eigenvalue weighted by atomic mass is 16.5. The number of ether oxygens (including phenoxy) is 1. The third kappa shape index (κ3) is 5.88. The number of carbonyl (C=O) groups excluding carboxylic acids is 1. The molecule has 1 aliphatic rings. The Bertz CT molecular complexity index is 777. The van der Waals surface area contributed by atoms with E-state index < -0.39 is 0 Å². The molecule has 1 aromatic heterocycles. The quantitative estimate of drug-likeness (QED) is 0.674. The molecule has 1 aromatic carbocycles. The molecule has 8 nitrogen and oxygen atoms in total. The predicted octanol–water partition coefficient (Wildman–Crippen LogP) is 3.36. The van der Waals surface area contributed by atoms with Gasteiger partial charge in [0.1, 0.15) is 6.33 Å². The molecule has 1 aliphatic heterocycles. The van der Waals surface area contributed by atoms with Crippen LogP contribution in [0.3, 0.4) is 0 Å². The van der Waals surface area contributed by atoms with Gasteiger partial charge in [-0.05, 0) is 37.5 Å². The van der Waals surface area contributed by atoms with E-state index in [1.165, 1.54) is 13.3 Å². The van der Waals surface area contributed by atoms with Crippen molar-refractivity contribution < 1.29 is 9.53 Å². The van der Waals surface area contributed by atoms with Crippen LogP contribution in [-0.4, -0.2) is 46.7 Å². The number of hydrogen-bond donors (Lipinski definition) is 2. The van der Waals surface area contributed by atoms with Gasteiger partial charge in [-0.2, -0.15) is 4.98 Å². The Hall–Kier alpha value is -2.74. The third-order valence-electron chi connectivity index (χ3n) is 4.57. The molecule has 3 rings (SSSR count). The molecule has 1 saturated heterocycles. The van der Waals surface area contributed by atoms with Crippen LogP contribution >= 0.6 is 0 Å². The average Bonchev–Trinajstić information content (AvgIpc) is 2.69. The highest BCUT2D eigenvalue weighted by Gasteiger charge is 2.21. The second-order valence-electron chi connectivity index (χ2n) is 6.91. The van der Waals surface area contributed by atoms with Crippen LogP contribution in [0.1, 0.15) is 39.5 Å². The van der Waals surface area contributed by atoms with Gasteiger partial charge in [0, 0.05) is 38.0 Å². The maximum absolute atomic E-state index is 11.2. The van der Waals surface area contributed by atoms with Crippen LogP contribution in [0.15, 0.2) is 30.6 Å². The minimum atomic E-state index is -0.110. The SMILES string of the molecule is CCCCOC1CCN(c2ncnc(Nc3cccc(NC(C)=O)c3)n2)CC1. The Labute approximate surface area is 165 Å². The van der Waals surface area contributed by atoms with Crippen LogP contribution in [0, 0.1) is 0 Å². The Kier molecular flexibility index (Phi) is 7.13. The summed E-state index contributed by atoms with van der Waals surface area (Å²) >= 11 is 0. The fourth-order valence-electron chi connectivity index (χ4n) is 3.12. The largest absolute Gasteiger partial charge is 0.378 e. The van der Waals surface area contributed by atoms with Gasteiger partial charge < -0.3 is 20.3 Å². The number of unbranched alkanes of at least 4 members (excludes halogenated alkanes) is 1. The predicted molar refractivity (Wildman–Crippen MR) is 110 cm³/mol. The molecular formula is C20H28N6O2. The molecule has 8 heteroatoms. The van der Waals surface area contributed by atoms with Crippen LogP contribution in [0.25, 0.3) is 0 Å².